The minimum atomic E-state index is 0.0265. The molecule has 174 valence electrons. The van der Waals surface area contributed by atoms with Crippen LogP contribution in [0.1, 0.15) is 60.4 Å². The van der Waals surface area contributed by atoms with Crippen molar-refractivity contribution < 1.29 is 4.79 Å². The highest BCUT2D eigenvalue weighted by Gasteiger charge is 2.31. The molecule has 1 N–H and O–H groups in total. The highest BCUT2D eigenvalue weighted by Crippen LogP contribution is 2.27. The Morgan fingerprint density at radius 2 is 1.84 bits per heavy atom. The van der Waals surface area contributed by atoms with E-state index in [1.807, 2.05) is 14.1 Å². The van der Waals surface area contributed by atoms with Crippen LogP contribution in [-0.4, -0.2) is 64.8 Å². The quantitative estimate of drug-likeness (QED) is 0.722. The first-order valence-electron chi connectivity index (χ1n) is 12.2. The summed E-state index contributed by atoms with van der Waals surface area (Å²) < 4.78 is 2.11. The highest BCUT2D eigenvalue weighted by molar-refractivity contribution is 5.93. The van der Waals surface area contributed by atoms with E-state index < -0.39 is 0 Å². The second-order valence-electron chi connectivity index (χ2n) is 10.2. The van der Waals surface area contributed by atoms with Gasteiger partial charge >= 0.3 is 0 Å². The molecule has 0 bridgehead atoms. The Balaban J connectivity index is 1.37. The van der Waals surface area contributed by atoms with Crippen LogP contribution in [0.15, 0.2) is 30.3 Å². The zero-order chi connectivity index (χ0) is 22.7. The van der Waals surface area contributed by atoms with E-state index in [2.05, 4.69) is 59.1 Å². The second kappa shape index (κ2) is 10.2. The van der Waals surface area contributed by atoms with Gasteiger partial charge in [-0.2, -0.15) is 5.10 Å². The van der Waals surface area contributed by atoms with Crippen molar-refractivity contribution in [2.45, 2.75) is 71.1 Å². The molecule has 1 fully saturated rings. The van der Waals surface area contributed by atoms with Gasteiger partial charge in [-0.15, -0.1) is 0 Å². The van der Waals surface area contributed by atoms with Gasteiger partial charge in [-0.25, -0.2) is 0 Å². The van der Waals surface area contributed by atoms with Crippen LogP contribution in [0.25, 0.3) is 0 Å². The molecule has 0 radical (unpaired) electrons. The largest absolute Gasteiger partial charge is 0.343 e. The number of fused-ring (bicyclic) bond motifs is 1. The lowest BCUT2D eigenvalue weighted by molar-refractivity contribution is 0.0819. The summed E-state index contributed by atoms with van der Waals surface area (Å²) in [5, 5.41) is 8.72. The molecule has 0 spiro atoms. The van der Waals surface area contributed by atoms with Crippen molar-refractivity contribution in [3.8, 4) is 0 Å². The number of benzene rings is 1. The van der Waals surface area contributed by atoms with Gasteiger partial charge in [0.2, 0.25) is 0 Å². The molecule has 1 amide bonds. The van der Waals surface area contributed by atoms with Crippen LogP contribution in [0, 0.1) is 5.92 Å². The Kier molecular flexibility index (Phi) is 7.31. The van der Waals surface area contributed by atoms with E-state index in [1.165, 1.54) is 29.7 Å². The Bertz CT molecular complexity index is 896. The summed E-state index contributed by atoms with van der Waals surface area (Å²) in [6.07, 6.45) is 5.40. The molecular weight excluding hydrogens is 398 g/mol. The Hall–Kier alpha value is -2.18. The van der Waals surface area contributed by atoms with Gasteiger partial charge in [-0.1, -0.05) is 44.2 Å². The van der Waals surface area contributed by atoms with E-state index in [0.29, 0.717) is 23.7 Å². The van der Waals surface area contributed by atoms with Crippen LogP contribution in [0.5, 0.6) is 0 Å². The zero-order valence-electron chi connectivity index (χ0n) is 20.2. The van der Waals surface area contributed by atoms with Gasteiger partial charge in [-0.3, -0.25) is 14.4 Å². The van der Waals surface area contributed by atoms with Crippen LogP contribution in [0.4, 0.5) is 0 Å². The van der Waals surface area contributed by atoms with Crippen molar-refractivity contribution in [3.63, 3.8) is 0 Å². The van der Waals surface area contributed by atoms with E-state index in [4.69, 9.17) is 5.10 Å². The molecule has 1 atom stereocenters. The predicted molar refractivity (Wildman–Crippen MR) is 129 cm³/mol. The molecule has 2 aromatic rings. The number of amides is 1. The zero-order valence-corrected chi connectivity index (χ0v) is 20.2. The van der Waals surface area contributed by atoms with Crippen molar-refractivity contribution in [2.75, 3.05) is 27.2 Å². The maximum Gasteiger partial charge on any atom is 0.274 e. The molecule has 32 heavy (non-hydrogen) atoms. The fourth-order valence-corrected chi connectivity index (χ4v) is 5.14. The standard InChI is InChI=1S/C26H39N5O/c1-19(2)17-31-24-11-10-22(16-23(24)25(28-31)26(32)29(3)4)27-21-12-14-30(15-13-21)18-20-8-6-5-7-9-20/h5-9,19,21-22,27H,10-18H2,1-4H3. The predicted octanol–water partition coefficient (Wildman–Crippen LogP) is 3.35. The van der Waals surface area contributed by atoms with Crippen molar-refractivity contribution in [2.24, 2.45) is 5.92 Å². The number of carbonyl (C=O) groups excluding carboxylic acids is 1. The number of hydrogen-bond donors (Lipinski definition) is 1. The minimum Gasteiger partial charge on any atom is -0.343 e. The molecule has 1 unspecified atom stereocenters. The molecule has 2 aliphatic rings. The lowest BCUT2D eigenvalue weighted by atomic mass is 9.89. The molecule has 4 rings (SSSR count). The smallest absolute Gasteiger partial charge is 0.274 e. The van der Waals surface area contributed by atoms with Crippen LogP contribution in [-0.2, 0) is 25.9 Å². The van der Waals surface area contributed by atoms with Crippen LogP contribution in [0.3, 0.4) is 0 Å². The Morgan fingerprint density at radius 1 is 1.12 bits per heavy atom. The third kappa shape index (κ3) is 5.41. The number of nitrogens with zero attached hydrogens (tertiary/aromatic N) is 4. The second-order valence-corrected chi connectivity index (χ2v) is 10.2. The number of carbonyl (C=O) groups is 1. The van der Waals surface area contributed by atoms with Gasteiger partial charge in [0.15, 0.2) is 5.69 Å². The number of aromatic nitrogens is 2. The Labute approximate surface area is 193 Å². The lowest BCUT2D eigenvalue weighted by Crippen LogP contribution is -2.47. The number of likely N-dealkylation sites (tertiary alicyclic amines) is 1. The molecule has 1 saturated heterocycles. The first kappa shape index (κ1) is 23.0. The molecule has 1 aromatic carbocycles. The van der Waals surface area contributed by atoms with Gasteiger partial charge in [-0.05, 0) is 56.7 Å². The van der Waals surface area contributed by atoms with Crippen molar-refractivity contribution >= 4 is 5.91 Å². The number of nitrogens with one attached hydrogen (secondary N) is 1. The summed E-state index contributed by atoms with van der Waals surface area (Å²) in [6, 6.07) is 11.8. The first-order chi connectivity index (χ1) is 15.4. The van der Waals surface area contributed by atoms with Crippen LogP contribution in [0.2, 0.25) is 0 Å². The van der Waals surface area contributed by atoms with Crippen molar-refractivity contribution in [1.82, 2.24) is 24.9 Å². The summed E-state index contributed by atoms with van der Waals surface area (Å²) in [7, 11) is 3.63. The molecule has 1 aliphatic carbocycles. The van der Waals surface area contributed by atoms with E-state index in [9.17, 15) is 4.79 Å². The van der Waals surface area contributed by atoms with E-state index in [-0.39, 0.29) is 5.91 Å². The van der Waals surface area contributed by atoms with Crippen LogP contribution >= 0.6 is 0 Å². The third-order valence-electron chi connectivity index (χ3n) is 6.80. The fourth-order valence-electron chi connectivity index (χ4n) is 5.14. The molecule has 1 aliphatic heterocycles. The topological polar surface area (TPSA) is 53.4 Å². The summed E-state index contributed by atoms with van der Waals surface area (Å²) in [4.78, 5) is 17.0. The monoisotopic (exact) mass is 437 g/mol. The summed E-state index contributed by atoms with van der Waals surface area (Å²) in [5.41, 5.74) is 4.51. The molecule has 6 nitrogen and oxygen atoms in total. The van der Waals surface area contributed by atoms with Crippen molar-refractivity contribution in [1.29, 1.82) is 0 Å². The molecular formula is C26H39N5O. The summed E-state index contributed by atoms with van der Waals surface area (Å²) in [6.45, 7) is 8.62. The fraction of sp³-hybridized carbons (Fsp3) is 0.615. The lowest BCUT2D eigenvalue weighted by Gasteiger charge is -2.35. The first-order valence-corrected chi connectivity index (χ1v) is 12.2. The van der Waals surface area contributed by atoms with E-state index in [1.54, 1.807) is 4.90 Å². The highest BCUT2D eigenvalue weighted by atomic mass is 16.2. The number of piperidine rings is 1. The van der Waals surface area contributed by atoms with Crippen molar-refractivity contribution in [3.05, 3.63) is 52.8 Å². The summed E-state index contributed by atoms with van der Waals surface area (Å²) >= 11 is 0. The maximum absolute atomic E-state index is 12.8. The van der Waals surface area contributed by atoms with E-state index in [0.717, 1.165) is 45.4 Å². The number of rotatable bonds is 7. The van der Waals surface area contributed by atoms with Gasteiger partial charge in [0, 0.05) is 50.5 Å². The SMILES string of the molecule is CC(C)Cn1nc(C(=O)N(C)C)c2c1CCC(NC1CCN(Cc3ccccc3)CC1)C2. The third-order valence-corrected chi connectivity index (χ3v) is 6.80. The number of hydrogen-bond acceptors (Lipinski definition) is 4. The molecule has 1 aromatic heterocycles. The van der Waals surface area contributed by atoms with Gasteiger partial charge in [0.25, 0.3) is 5.91 Å². The van der Waals surface area contributed by atoms with Gasteiger partial charge in [0.1, 0.15) is 0 Å². The van der Waals surface area contributed by atoms with Gasteiger partial charge < -0.3 is 10.2 Å². The Morgan fingerprint density at radius 3 is 2.50 bits per heavy atom. The summed E-state index contributed by atoms with van der Waals surface area (Å²) in [5.74, 6) is 0.539. The average molecular weight is 438 g/mol. The maximum atomic E-state index is 12.8. The molecule has 6 heteroatoms. The van der Waals surface area contributed by atoms with E-state index >= 15 is 0 Å². The minimum absolute atomic E-state index is 0.0265. The molecule has 2 heterocycles. The van der Waals surface area contributed by atoms with Crippen LogP contribution < -0.4 is 5.32 Å². The van der Waals surface area contributed by atoms with Gasteiger partial charge in [0.05, 0.1) is 0 Å². The normalized spacial score (nSPS) is 19.8. The molecule has 0 saturated carbocycles. The average Bonchev–Trinajstić information content (AvgIpc) is 3.12.